The zero-order valence-corrected chi connectivity index (χ0v) is 14.3. The molecule has 0 bridgehead atoms. The summed E-state index contributed by atoms with van der Waals surface area (Å²) >= 11 is 11.6. The quantitative estimate of drug-likeness (QED) is 0.681. The number of urea groups is 1. The zero-order valence-electron chi connectivity index (χ0n) is 12.8. The molecule has 2 N–H and O–H groups in total. The van der Waals surface area contributed by atoms with Crippen LogP contribution in [0.25, 0.3) is 5.65 Å². The molecule has 6 nitrogen and oxygen atoms in total. The summed E-state index contributed by atoms with van der Waals surface area (Å²) in [6.07, 6.45) is -3.74. The molecule has 0 aliphatic heterocycles. The molecular weight excluding hydrogens is 394 g/mol. The van der Waals surface area contributed by atoms with Gasteiger partial charge in [0.05, 0.1) is 17.1 Å². The molecule has 0 unspecified atom stereocenters. The number of carbonyl (C=O) groups excluding carboxylic acids is 1. The van der Waals surface area contributed by atoms with Gasteiger partial charge in [-0.2, -0.15) is 13.2 Å². The molecule has 0 saturated carbocycles. The number of nitrogens with one attached hydrogen (secondary N) is 2. The molecule has 0 spiro atoms. The van der Waals surface area contributed by atoms with Crippen molar-refractivity contribution in [3.63, 3.8) is 0 Å². The highest BCUT2D eigenvalue weighted by molar-refractivity contribution is 6.33. The van der Waals surface area contributed by atoms with Gasteiger partial charge in [0, 0.05) is 16.9 Å². The van der Waals surface area contributed by atoms with Crippen molar-refractivity contribution in [2.45, 2.75) is 12.7 Å². The van der Waals surface area contributed by atoms with E-state index < -0.39 is 17.8 Å². The number of fused-ring (bicyclic) bond motifs is 1. The van der Waals surface area contributed by atoms with Gasteiger partial charge in [0.15, 0.2) is 11.5 Å². The minimum Gasteiger partial charge on any atom is -0.331 e. The van der Waals surface area contributed by atoms with E-state index in [0.29, 0.717) is 10.7 Å². The molecule has 2 aromatic heterocycles. The maximum atomic E-state index is 12.9. The van der Waals surface area contributed by atoms with Crippen LogP contribution >= 0.6 is 23.2 Å². The van der Waals surface area contributed by atoms with E-state index in [1.54, 1.807) is 24.3 Å². The summed E-state index contributed by atoms with van der Waals surface area (Å²) in [6, 6.07) is 6.61. The Morgan fingerprint density at radius 2 is 1.85 bits per heavy atom. The molecule has 2 heterocycles. The number of nitrogens with zero attached hydrogens (tertiary/aromatic N) is 3. The summed E-state index contributed by atoms with van der Waals surface area (Å²) in [5, 5.41) is 12.9. The Bertz CT molecular complexity index is 956. The van der Waals surface area contributed by atoms with Crippen molar-refractivity contribution in [1.82, 2.24) is 19.9 Å². The molecule has 136 valence electrons. The van der Waals surface area contributed by atoms with E-state index in [2.05, 4.69) is 20.8 Å². The van der Waals surface area contributed by atoms with Gasteiger partial charge in [-0.3, -0.25) is 4.40 Å². The van der Waals surface area contributed by atoms with Gasteiger partial charge in [0.2, 0.25) is 0 Å². The predicted octanol–water partition coefficient (Wildman–Crippen LogP) is 4.38. The second-order valence-corrected chi connectivity index (χ2v) is 6.04. The van der Waals surface area contributed by atoms with E-state index >= 15 is 0 Å². The van der Waals surface area contributed by atoms with Crippen LogP contribution in [-0.2, 0) is 12.7 Å². The van der Waals surface area contributed by atoms with Crippen LogP contribution in [0.2, 0.25) is 10.0 Å². The van der Waals surface area contributed by atoms with Gasteiger partial charge in [-0.25, -0.2) is 4.79 Å². The van der Waals surface area contributed by atoms with Gasteiger partial charge >= 0.3 is 12.2 Å². The standard InChI is InChI=1S/C15H10Cl2F3N5O/c16-9-1-3-10(4-2-9)22-14(26)21-6-12-23-24-13-11(17)5-8(7-25(12)13)15(18,19)20/h1-5,7H,6H2,(H2,21,22,26). The Kier molecular flexibility index (Phi) is 4.92. The molecule has 3 aromatic rings. The molecule has 0 aliphatic rings. The number of aromatic nitrogens is 3. The zero-order chi connectivity index (χ0) is 18.9. The lowest BCUT2D eigenvalue weighted by Gasteiger charge is -2.10. The predicted molar refractivity (Wildman–Crippen MR) is 90.3 cm³/mol. The number of anilines is 1. The first-order valence-electron chi connectivity index (χ1n) is 7.15. The average Bonchev–Trinajstić information content (AvgIpc) is 2.98. The largest absolute Gasteiger partial charge is 0.417 e. The number of halogens is 5. The first-order chi connectivity index (χ1) is 12.2. The Morgan fingerprint density at radius 3 is 2.50 bits per heavy atom. The molecule has 0 atom stereocenters. The second kappa shape index (κ2) is 7.00. The van der Waals surface area contributed by atoms with Crippen molar-refractivity contribution >= 4 is 40.6 Å². The Labute approximate surface area is 154 Å². The third-order valence-electron chi connectivity index (χ3n) is 3.37. The fraction of sp³-hybridized carbons (Fsp3) is 0.133. The minimum atomic E-state index is -4.57. The highest BCUT2D eigenvalue weighted by Crippen LogP contribution is 2.32. The van der Waals surface area contributed by atoms with E-state index in [1.165, 1.54) is 0 Å². The van der Waals surface area contributed by atoms with Crippen molar-refractivity contribution in [2.24, 2.45) is 0 Å². The van der Waals surface area contributed by atoms with Gasteiger partial charge in [0.1, 0.15) is 0 Å². The lowest BCUT2D eigenvalue weighted by atomic mass is 10.3. The van der Waals surface area contributed by atoms with Crippen LogP contribution in [0.4, 0.5) is 23.7 Å². The summed E-state index contributed by atoms with van der Waals surface area (Å²) in [5.74, 6) is 0.0965. The lowest BCUT2D eigenvalue weighted by Crippen LogP contribution is -2.29. The van der Waals surface area contributed by atoms with Crippen molar-refractivity contribution in [3.8, 4) is 0 Å². The van der Waals surface area contributed by atoms with E-state index in [9.17, 15) is 18.0 Å². The number of hydrogen-bond acceptors (Lipinski definition) is 3. The van der Waals surface area contributed by atoms with Crippen LogP contribution in [0.5, 0.6) is 0 Å². The summed E-state index contributed by atoms with van der Waals surface area (Å²) in [7, 11) is 0. The number of benzene rings is 1. The van der Waals surface area contributed by atoms with Gasteiger partial charge in [-0.1, -0.05) is 23.2 Å². The normalized spacial score (nSPS) is 11.6. The maximum absolute atomic E-state index is 12.9. The molecule has 2 amide bonds. The Hall–Kier alpha value is -2.52. The molecule has 1 aromatic carbocycles. The van der Waals surface area contributed by atoms with E-state index in [0.717, 1.165) is 16.7 Å². The van der Waals surface area contributed by atoms with Crippen molar-refractivity contribution in [2.75, 3.05) is 5.32 Å². The van der Waals surface area contributed by atoms with E-state index in [-0.39, 0.29) is 23.0 Å². The summed E-state index contributed by atoms with van der Waals surface area (Å²) in [5.41, 5.74) is -0.378. The molecule has 0 radical (unpaired) electrons. The highest BCUT2D eigenvalue weighted by atomic mass is 35.5. The number of amides is 2. The second-order valence-electron chi connectivity index (χ2n) is 5.20. The highest BCUT2D eigenvalue weighted by Gasteiger charge is 2.32. The smallest absolute Gasteiger partial charge is 0.331 e. The molecule has 0 fully saturated rings. The number of carbonyl (C=O) groups is 1. The monoisotopic (exact) mass is 403 g/mol. The van der Waals surface area contributed by atoms with Crippen LogP contribution in [-0.4, -0.2) is 20.6 Å². The topological polar surface area (TPSA) is 71.3 Å². The number of alkyl halides is 3. The van der Waals surface area contributed by atoms with E-state index in [1.807, 2.05) is 0 Å². The van der Waals surface area contributed by atoms with Crippen LogP contribution in [0.1, 0.15) is 11.4 Å². The molecule has 0 saturated heterocycles. The first-order valence-corrected chi connectivity index (χ1v) is 7.90. The first kappa shape index (κ1) is 18.3. The van der Waals surface area contributed by atoms with Crippen molar-refractivity contribution in [1.29, 1.82) is 0 Å². The molecule has 0 aliphatic carbocycles. The van der Waals surface area contributed by atoms with Crippen LogP contribution in [0.15, 0.2) is 36.5 Å². The van der Waals surface area contributed by atoms with Crippen LogP contribution in [0.3, 0.4) is 0 Å². The van der Waals surface area contributed by atoms with Gasteiger partial charge in [-0.15, -0.1) is 10.2 Å². The molecular formula is C15H10Cl2F3N5O. The fourth-order valence-electron chi connectivity index (χ4n) is 2.14. The van der Waals surface area contributed by atoms with Crippen LogP contribution < -0.4 is 10.6 Å². The van der Waals surface area contributed by atoms with E-state index in [4.69, 9.17) is 23.2 Å². The Morgan fingerprint density at radius 1 is 1.15 bits per heavy atom. The summed E-state index contributed by atoms with van der Waals surface area (Å²) < 4.78 is 39.8. The third kappa shape index (κ3) is 4.00. The molecule has 11 heteroatoms. The molecule has 3 rings (SSSR count). The van der Waals surface area contributed by atoms with Crippen molar-refractivity contribution in [3.05, 3.63) is 58.0 Å². The molecule has 26 heavy (non-hydrogen) atoms. The third-order valence-corrected chi connectivity index (χ3v) is 3.90. The van der Waals surface area contributed by atoms with Gasteiger partial charge in [-0.05, 0) is 30.3 Å². The summed E-state index contributed by atoms with van der Waals surface area (Å²) in [6.45, 7) is -0.155. The lowest BCUT2D eigenvalue weighted by molar-refractivity contribution is -0.137. The number of rotatable bonds is 3. The fourth-order valence-corrected chi connectivity index (χ4v) is 2.52. The Balaban J connectivity index is 1.75. The van der Waals surface area contributed by atoms with Gasteiger partial charge < -0.3 is 10.6 Å². The van der Waals surface area contributed by atoms with Crippen LogP contribution in [0, 0.1) is 0 Å². The van der Waals surface area contributed by atoms with Crippen molar-refractivity contribution < 1.29 is 18.0 Å². The maximum Gasteiger partial charge on any atom is 0.417 e. The number of pyridine rings is 1. The SMILES string of the molecule is O=C(NCc1nnc2c(Cl)cc(C(F)(F)F)cn12)Nc1ccc(Cl)cc1. The number of hydrogen-bond donors (Lipinski definition) is 2. The average molecular weight is 404 g/mol. The minimum absolute atomic E-state index is 0.0644. The van der Waals surface area contributed by atoms with Gasteiger partial charge in [0.25, 0.3) is 0 Å². The summed E-state index contributed by atoms with van der Waals surface area (Å²) in [4.78, 5) is 11.9.